The van der Waals surface area contributed by atoms with Crippen LogP contribution in [-0.2, 0) is 0 Å². The molecule has 3 heteroatoms. The lowest BCUT2D eigenvalue weighted by molar-refractivity contribution is 0.402. The van der Waals surface area contributed by atoms with Crippen LogP contribution in [0.2, 0.25) is 0 Å². The quantitative estimate of drug-likeness (QED) is 0.533. The molecule has 0 aliphatic carbocycles. The molecule has 0 saturated heterocycles. The molecule has 0 aromatic heterocycles. The highest BCUT2D eigenvalue weighted by atomic mass is 32.2. The van der Waals surface area contributed by atoms with E-state index in [-0.39, 0.29) is 0 Å². The maximum atomic E-state index is 5.52. The fraction of sp³-hybridized carbons (Fsp3) is 1.00. The van der Waals surface area contributed by atoms with Gasteiger partial charge in [-0.05, 0) is 5.92 Å². The lowest BCUT2D eigenvalue weighted by Crippen LogP contribution is -2.42. The molecule has 0 rings (SSSR count). The van der Waals surface area contributed by atoms with Crippen LogP contribution in [0.4, 0.5) is 0 Å². The topological polar surface area (TPSA) is 38.0 Å². The Morgan fingerprint density at radius 3 is 2.23 bits per heavy atom. The first-order chi connectivity index (χ1) is 5.90. The van der Waals surface area contributed by atoms with E-state index in [0.29, 0.717) is 16.7 Å². The van der Waals surface area contributed by atoms with Crippen molar-refractivity contribution in [3.05, 3.63) is 0 Å². The molecule has 2 atom stereocenters. The molecule has 2 unspecified atom stereocenters. The predicted molar refractivity (Wildman–Crippen MR) is 62.8 cm³/mol. The summed E-state index contributed by atoms with van der Waals surface area (Å²) in [4.78, 5) is 0. The largest absolute Gasteiger partial charge is 0.271 e. The molecule has 0 bridgehead atoms. The van der Waals surface area contributed by atoms with Gasteiger partial charge in [-0.3, -0.25) is 11.3 Å². The molecule has 0 amide bonds. The summed E-state index contributed by atoms with van der Waals surface area (Å²) in [7, 11) is 0. The average Bonchev–Trinajstić information content (AvgIpc) is 2.03. The summed E-state index contributed by atoms with van der Waals surface area (Å²) in [6.45, 7) is 11.2. The third-order valence-corrected chi connectivity index (χ3v) is 3.63. The van der Waals surface area contributed by atoms with Gasteiger partial charge in [0.2, 0.25) is 0 Å². The van der Waals surface area contributed by atoms with Crippen molar-refractivity contribution in [2.45, 2.75) is 51.8 Å². The van der Waals surface area contributed by atoms with Crippen LogP contribution in [-0.4, -0.2) is 16.5 Å². The zero-order valence-electron chi connectivity index (χ0n) is 9.55. The minimum atomic E-state index is 0.336. The average molecular weight is 204 g/mol. The highest BCUT2D eigenvalue weighted by Gasteiger charge is 2.18. The number of nitrogens with one attached hydrogen (secondary N) is 1. The molecule has 0 aliphatic rings. The van der Waals surface area contributed by atoms with Crippen molar-refractivity contribution in [3.63, 3.8) is 0 Å². The Balaban J connectivity index is 3.85. The van der Waals surface area contributed by atoms with Gasteiger partial charge in [-0.25, -0.2) is 0 Å². The summed E-state index contributed by atoms with van der Waals surface area (Å²) >= 11 is 1.97. The fourth-order valence-corrected chi connectivity index (χ4v) is 2.11. The highest BCUT2D eigenvalue weighted by Crippen LogP contribution is 2.25. The normalized spacial score (nSPS) is 17.1. The lowest BCUT2D eigenvalue weighted by Gasteiger charge is -2.26. The minimum absolute atomic E-state index is 0.336. The first-order valence-corrected chi connectivity index (χ1v) is 5.99. The van der Waals surface area contributed by atoms with Crippen LogP contribution < -0.4 is 11.3 Å². The van der Waals surface area contributed by atoms with Crippen molar-refractivity contribution in [1.82, 2.24) is 5.43 Å². The maximum absolute atomic E-state index is 5.52. The molecule has 0 aromatic rings. The van der Waals surface area contributed by atoms with E-state index in [1.807, 2.05) is 11.8 Å². The molecule has 0 saturated carbocycles. The lowest BCUT2D eigenvalue weighted by atomic mass is 10.0. The standard InChI is InChI=1S/C10H24N2S/c1-6-8(2)9(12-11)7-13-10(3,4)5/h8-9,12H,6-7,11H2,1-5H3. The molecule has 0 aromatic carbocycles. The van der Waals surface area contributed by atoms with Gasteiger partial charge in [0.25, 0.3) is 0 Å². The second kappa shape index (κ2) is 5.89. The Morgan fingerprint density at radius 2 is 1.92 bits per heavy atom. The van der Waals surface area contributed by atoms with Gasteiger partial charge in [-0.2, -0.15) is 11.8 Å². The third kappa shape index (κ3) is 6.36. The Morgan fingerprint density at radius 1 is 1.38 bits per heavy atom. The molecular weight excluding hydrogens is 180 g/mol. The van der Waals surface area contributed by atoms with Crippen LogP contribution in [0.15, 0.2) is 0 Å². The second-order valence-corrected chi connectivity index (χ2v) is 6.43. The van der Waals surface area contributed by atoms with Gasteiger partial charge in [0.05, 0.1) is 0 Å². The van der Waals surface area contributed by atoms with E-state index in [1.54, 1.807) is 0 Å². The van der Waals surface area contributed by atoms with E-state index in [4.69, 9.17) is 5.84 Å². The van der Waals surface area contributed by atoms with E-state index in [0.717, 1.165) is 5.75 Å². The Hall–Kier alpha value is 0.270. The van der Waals surface area contributed by atoms with Gasteiger partial charge in [-0.15, -0.1) is 0 Å². The molecule has 0 fully saturated rings. The molecule has 13 heavy (non-hydrogen) atoms. The van der Waals surface area contributed by atoms with Gasteiger partial charge in [-0.1, -0.05) is 41.0 Å². The van der Waals surface area contributed by atoms with Crippen molar-refractivity contribution < 1.29 is 0 Å². The monoisotopic (exact) mass is 204 g/mol. The summed E-state index contributed by atoms with van der Waals surface area (Å²) in [6.07, 6.45) is 1.18. The Kier molecular flexibility index (Phi) is 6.01. The number of hydrazine groups is 1. The smallest absolute Gasteiger partial charge is 0.0326 e. The van der Waals surface area contributed by atoms with Crippen LogP contribution in [0.5, 0.6) is 0 Å². The van der Waals surface area contributed by atoms with E-state index >= 15 is 0 Å². The second-order valence-electron chi connectivity index (χ2n) is 4.58. The zero-order chi connectivity index (χ0) is 10.5. The molecule has 0 spiro atoms. The first-order valence-electron chi connectivity index (χ1n) is 5.00. The summed E-state index contributed by atoms with van der Waals surface area (Å²) in [5.41, 5.74) is 2.90. The van der Waals surface area contributed by atoms with Crippen LogP contribution in [0.25, 0.3) is 0 Å². The van der Waals surface area contributed by atoms with E-state index in [1.165, 1.54) is 6.42 Å². The van der Waals surface area contributed by atoms with Crippen LogP contribution >= 0.6 is 11.8 Å². The van der Waals surface area contributed by atoms with Gasteiger partial charge < -0.3 is 0 Å². The molecule has 0 heterocycles. The predicted octanol–water partition coefficient (Wildman–Crippen LogP) is 2.40. The van der Waals surface area contributed by atoms with Crippen molar-refractivity contribution in [1.29, 1.82) is 0 Å². The molecule has 0 radical (unpaired) electrons. The molecule has 80 valence electrons. The number of thioether (sulfide) groups is 1. The first kappa shape index (κ1) is 13.3. The molecule has 0 aliphatic heterocycles. The maximum Gasteiger partial charge on any atom is 0.0326 e. The summed E-state index contributed by atoms with van der Waals surface area (Å²) in [6, 6.07) is 0.439. The Labute approximate surface area is 87.0 Å². The molecular formula is C10H24N2S. The number of nitrogens with two attached hydrogens (primary N) is 1. The third-order valence-electron chi connectivity index (χ3n) is 2.24. The van der Waals surface area contributed by atoms with Gasteiger partial charge in [0.15, 0.2) is 0 Å². The summed E-state index contributed by atoms with van der Waals surface area (Å²) in [5.74, 6) is 7.26. The molecule has 3 N–H and O–H groups in total. The molecule has 2 nitrogen and oxygen atoms in total. The van der Waals surface area contributed by atoms with Crippen molar-refractivity contribution >= 4 is 11.8 Å². The van der Waals surface area contributed by atoms with E-state index < -0.39 is 0 Å². The van der Waals surface area contributed by atoms with E-state index in [9.17, 15) is 0 Å². The number of hydrogen-bond donors (Lipinski definition) is 2. The van der Waals surface area contributed by atoms with Crippen LogP contribution in [0.1, 0.15) is 41.0 Å². The summed E-state index contributed by atoms with van der Waals surface area (Å²) < 4.78 is 0.336. The van der Waals surface area contributed by atoms with Gasteiger partial charge in [0, 0.05) is 16.5 Å². The van der Waals surface area contributed by atoms with Crippen molar-refractivity contribution in [2.24, 2.45) is 11.8 Å². The van der Waals surface area contributed by atoms with Crippen molar-refractivity contribution in [2.75, 3.05) is 5.75 Å². The number of hydrogen-bond acceptors (Lipinski definition) is 3. The SMILES string of the molecule is CCC(C)C(CSC(C)(C)C)NN. The zero-order valence-corrected chi connectivity index (χ0v) is 10.4. The fourth-order valence-electron chi connectivity index (χ4n) is 1.00. The van der Waals surface area contributed by atoms with Gasteiger partial charge >= 0.3 is 0 Å². The van der Waals surface area contributed by atoms with E-state index in [2.05, 4.69) is 40.0 Å². The van der Waals surface area contributed by atoms with Gasteiger partial charge in [0.1, 0.15) is 0 Å². The summed E-state index contributed by atoms with van der Waals surface area (Å²) in [5, 5.41) is 0. The highest BCUT2D eigenvalue weighted by molar-refractivity contribution is 8.00. The minimum Gasteiger partial charge on any atom is -0.271 e. The number of rotatable bonds is 5. The van der Waals surface area contributed by atoms with Crippen LogP contribution in [0, 0.1) is 5.92 Å². The Bertz CT molecular complexity index is 131. The van der Waals surface area contributed by atoms with Crippen molar-refractivity contribution in [3.8, 4) is 0 Å². The van der Waals surface area contributed by atoms with Crippen LogP contribution in [0.3, 0.4) is 0 Å².